The number of rotatable bonds is 5. The van der Waals surface area contributed by atoms with Crippen LogP contribution in [-0.4, -0.2) is 22.0 Å². The third-order valence-corrected chi connectivity index (χ3v) is 6.69. The van der Waals surface area contributed by atoms with Crippen molar-refractivity contribution >= 4 is 74.1 Å². The predicted molar refractivity (Wildman–Crippen MR) is 134 cm³/mol. The van der Waals surface area contributed by atoms with Gasteiger partial charge in [-0.25, -0.2) is 4.79 Å². The Balaban J connectivity index is 1.47. The first kappa shape index (κ1) is 23.6. The first-order valence-electron chi connectivity index (χ1n) is 9.57. The molecule has 33 heavy (non-hydrogen) atoms. The van der Waals surface area contributed by atoms with Crippen molar-refractivity contribution < 1.29 is 19.1 Å². The lowest BCUT2D eigenvalue weighted by Crippen LogP contribution is -2.27. The molecule has 1 fully saturated rings. The molecule has 166 valence electrons. The molecule has 0 N–H and O–H groups in total. The first-order chi connectivity index (χ1) is 15.8. The molecule has 1 saturated heterocycles. The number of benzene rings is 3. The maximum absolute atomic E-state index is 12.8. The predicted octanol–water partition coefficient (Wildman–Crippen LogP) is 7.21. The highest BCUT2D eigenvalue weighted by atomic mass is 79.9. The van der Waals surface area contributed by atoms with Gasteiger partial charge in [-0.3, -0.25) is 14.5 Å². The molecule has 4 rings (SSSR count). The van der Waals surface area contributed by atoms with Crippen LogP contribution in [0, 0.1) is 0 Å². The number of esters is 1. The average Bonchev–Trinajstić information content (AvgIpc) is 3.04. The number of ether oxygens (including phenoxy) is 1. The fraction of sp³-hybridized carbons (Fsp3) is 0.0417. The molecule has 0 atom stereocenters. The van der Waals surface area contributed by atoms with Gasteiger partial charge < -0.3 is 4.74 Å². The summed E-state index contributed by atoms with van der Waals surface area (Å²) in [6.07, 6.45) is 1.63. The van der Waals surface area contributed by atoms with Gasteiger partial charge in [-0.2, -0.15) is 0 Å². The number of imide groups is 1. The Morgan fingerprint density at radius 2 is 1.61 bits per heavy atom. The fourth-order valence-corrected chi connectivity index (χ4v) is 4.56. The highest BCUT2D eigenvalue weighted by Gasteiger charge is 2.35. The Morgan fingerprint density at radius 3 is 2.24 bits per heavy atom. The molecule has 0 unspecified atom stereocenters. The number of carbonyl (C=O) groups excluding carboxylic acids is 3. The number of hydrogen-bond donors (Lipinski definition) is 0. The number of amides is 2. The highest BCUT2D eigenvalue weighted by molar-refractivity contribution is 9.10. The van der Waals surface area contributed by atoms with E-state index in [0.717, 1.165) is 17.3 Å². The van der Waals surface area contributed by atoms with Crippen LogP contribution in [0.5, 0.6) is 5.75 Å². The number of carbonyl (C=O) groups is 3. The van der Waals surface area contributed by atoms with Crippen LogP contribution >= 0.6 is 50.9 Å². The van der Waals surface area contributed by atoms with Crippen molar-refractivity contribution in [2.24, 2.45) is 0 Å². The minimum absolute atomic E-state index is 0.169. The summed E-state index contributed by atoms with van der Waals surface area (Å²) in [6, 6.07) is 18.4. The van der Waals surface area contributed by atoms with E-state index in [0.29, 0.717) is 36.3 Å². The van der Waals surface area contributed by atoms with E-state index in [9.17, 15) is 14.4 Å². The molecule has 3 aromatic carbocycles. The Morgan fingerprint density at radius 1 is 0.970 bits per heavy atom. The van der Waals surface area contributed by atoms with Crippen molar-refractivity contribution in [3.8, 4) is 5.75 Å². The zero-order valence-corrected chi connectivity index (χ0v) is 20.7. The molecule has 0 radical (unpaired) electrons. The van der Waals surface area contributed by atoms with E-state index in [1.807, 2.05) is 0 Å². The van der Waals surface area contributed by atoms with E-state index in [-0.39, 0.29) is 17.7 Å². The van der Waals surface area contributed by atoms with Gasteiger partial charge in [0, 0.05) is 10.0 Å². The number of nitrogens with zero attached hydrogens (tertiary/aromatic N) is 1. The van der Waals surface area contributed by atoms with Crippen molar-refractivity contribution in [2.45, 2.75) is 6.54 Å². The zero-order valence-electron chi connectivity index (χ0n) is 16.8. The van der Waals surface area contributed by atoms with Gasteiger partial charge in [-0.1, -0.05) is 41.4 Å². The SMILES string of the molecule is O=C(Oc1ccc(/C=C2\SC(=O)N(Cc3ccc(Cl)cc3)C2=O)cc1Br)c1ccc(Cl)cc1. The number of thioether (sulfide) groups is 1. The van der Waals surface area contributed by atoms with Crippen LogP contribution < -0.4 is 4.74 Å². The summed E-state index contributed by atoms with van der Waals surface area (Å²) < 4.78 is 5.96. The second-order valence-corrected chi connectivity index (χ2v) is 9.70. The van der Waals surface area contributed by atoms with Gasteiger partial charge in [0.25, 0.3) is 11.1 Å². The van der Waals surface area contributed by atoms with Gasteiger partial charge in [0.15, 0.2) is 0 Å². The summed E-state index contributed by atoms with van der Waals surface area (Å²) in [4.78, 5) is 39.0. The molecular formula is C24H14BrCl2NO4S. The standard InChI is InChI=1S/C24H14BrCl2NO4S/c25-19-11-15(3-10-20(19)32-23(30)16-4-8-18(27)9-5-16)12-21-22(29)28(24(31)33-21)13-14-1-6-17(26)7-2-14/h1-12H,13H2/b21-12-. The number of hydrogen-bond acceptors (Lipinski definition) is 5. The first-order valence-corrected chi connectivity index (χ1v) is 11.9. The second kappa shape index (κ2) is 10.1. The molecule has 0 spiro atoms. The third kappa shape index (κ3) is 5.68. The van der Waals surface area contributed by atoms with Crippen molar-refractivity contribution in [3.05, 3.63) is 103 Å². The summed E-state index contributed by atoms with van der Waals surface area (Å²) in [5.74, 6) is -0.569. The van der Waals surface area contributed by atoms with E-state index < -0.39 is 5.97 Å². The van der Waals surface area contributed by atoms with Crippen LogP contribution in [0.15, 0.2) is 76.1 Å². The highest BCUT2D eigenvalue weighted by Crippen LogP contribution is 2.35. The van der Waals surface area contributed by atoms with Crippen molar-refractivity contribution in [2.75, 3.05) is 0 Å². The van der Waals surface area contributed by atoms with Crippen LogP contribution in [-0.2, 0) is 11.3 Å². The van der Waals surface area contributed by atoms with E-state index in [2.05, 4.69) is 15.9 Å². The Labute approximate surface area is 212 Å². The smallest absolute Gasteiger partial charge is 0.343 e. The second-order valence-electron chi connectivity index (χ2n) is 6.98. The maximum atomic E-state index is 12.8. The van der Waals surface area contributed by atoms with Gasteiger partial charge >= 0.3 is 5.97 Å². The molecule has 0 bridgehead atoms. The quantitative estimate of drug-likeness (QED) is 0.187. The van der Waals surface area contributed by atoms with Gasteiger partial charge in [0.2, 0.25) is 0 Å². The van der Waals surface area contributed by atoms with E-state index in [4.69, 9.17) is 27.9 Å². The summed E-state index contributed by atoms with van der Waals surface area (Å²) >= 11 is 16.0. The lowest BCUT2D eigenvalue weighted by Gasteiger charge is -2.12. The molecular weight excluding hydrogens is 549 g/mol. The molecule has 1 aliphatic heterocycles. The number of halogens is 3. The molecule has 0 aromatic heterocycles. The van der Waals surface area contributed by atoms with Crippen molar-refractivity contribution in [3.63, 3.8) is 0 Å². The zero-order chi connectivity index (χ0) is 23.5. The largest absolute Gasteiger partial charge is 0.422 e. The fourth-order valence-electron chi connectivity index (χ4n) is 2.99. The van der Waals surface area contributed by atoms with Gasteiger partial charge in [-0.05, 0) is 93.4 Å². The monoisotopic (exact) mass is 561 g/mol. The minimum Gasteiger partial charge on any atom is -0.422 e. The van der Waals surface area contributed by atoms with Crippen LogP contribution in [0.25, 0.3) is 6.08 Å². The van der Waals surface area contributed by atoms with Crippen LogP contribution in [0.4, 0.5) is 4.79 Å². The van der Waals surface area contributed by atoms with Crippen LogP contribution in [0.1, 0.15) is 21.5 Å². The van der Waals surface area contributed by atoms with E-state index in [1.54, 1.807) is 72.8 Å². The van der Waals surface area contributed by atoms with E-state index in [1.165, 1.54) is 4.90 Å². The topological polar surface area (TPSA) is 63.7 Å². The summed E-state index contributed by atoms with van der Waals surface area (Å²) in [7, 11) is 0. The average molecular weight is 563 g/mol. The summed E-state index contributed by atoms with van der Waals surface area (Å²) in [5.41, 5.74) is 1.84. The minimum atomic E-state index is -0.525. The molecule has 1 aliphatic rings. The Hall–Kier alpha value is -2.58. The van der Waals surface area contributed by atoms with Crippen molar-refractivity contribution in [1.29, 1.82) is 0 Å². The molecule has 0 saturated carbocycles. The molecule has 2 amide bonds. The molecule has 5 nitrogen and oxygen atoms in total. The molecule has 0 aliphatic carbocycles. The van der Waals surface area contributed by atoms with Gasteiger partial charge in [0.1, 0.15) is 5.75 Å². The lowest BCUT2D eigenvalue weighted by atomic mass is 10.2. The van der Waals surface area contributed by atoms with Gasteiger partial charge in [0.05, 0.1) is 21.5 Å². The molecule has 3 aromatic rings. The molecule has 1 heterocycles. The lowest BCUT2D eigenvalue weighted by molar-refractivity contribution is -0.123. The normalized spacial score (nSPS) is 14.8. The Bertz CT molecular complexity index is 1280. The molecule has 9 heteroatoms. The summed E-state index contributed by atoms with van der Waals surface area (Å²) in [5, 5.41) is 0.768. The van der Waals surface area contributed by atoms with E-state index >= 15 is 0 Å². The summed E-state index contributed by atoms with van der Waals surface area (Å²) in [6.45, 7) is 0.169. The van der Waals surface area contributed by atoms with Crippen LogP contribution in [0.3, 0.4) is 0 Å². The van der Waals surface area contributed by atoms with Crippen molar-refractivity contribution in [1.82, 2.24) is 4.90 Å². The maximum Gasteiger partial charge on any atom is 0.343 e. The Kier molecular flexibility index (Phi) is 7.24. The van der Waals surface area contributed by atoms with Gasteiger partial charge in [-0.15, -0.1) is 0 Å². The third-order valence-electron chi connectivity index (χ3n) is 4.66. The van der Waals surface area contributed by atoms with Crippen LogP contribution in [0.2, 0.25) is 10.0 Å².